The molecule has 0 radical (unpaired) electrons. The molecule has 0 atom stereocenters. The number of benzene rings is 1. The zero-order valence-corrected chi connectivity index (χ0v) is 14.1. The molecule has 1 aromatic carbocycles. The average molecular weight is 278 g/mol. The smallest absolute Gasteiger partial charge is 0.141 e. The summed E-state index contributed by atoms with van der Waals surface area (Å²) in [5, 5.41) is 6.93. The summed E-state index contributed by atoms with van der Waals surface area (Å²) in [6, 6.07) is 6.37. The first-order valence-corrected chi connectivity index (χ1v) is 7.31. The Morgan fingerprint density at radius 1 is 1.00 bits per heavy atom. The molecule has 0 amide bonds. The SMILES string of the molecule is COc1ccc(C(C)(C)C)cc1NCCNC(C)(C)C. The van der Waals surface area contributed by atoms with E-state index < -0.39 is 0 Å². The van der Waals surface area contributed by atoms with E-state index in [1.165, 1.54) is 5.56 Å². The first-order chi connectivity index (χ1) is 9.13. The molecule has 2 N–H and O–H groups in total. The lowest BCUT2D eigenvalue weighted by Crippen LogP contribution is -2.38. The predicted molar refractivity (Wildman–Crippen MR) is 87.9 cm³/mol. The van der Waals surface area contributed by atoms with Crippen LogP contribution in [0.3, 0.4) is 0 Å². The Hall–Kier alpha value is -1.22. The summed E-state index contributed by atoms with van der Waals surface area (Å²) in [6.07, 6.45) is 0. The van der Waals surface area contributed by atoms with Crippen LogP contribution in [0.15, 0.2) is 18.2 Å². The van der Waals surface area contributed by atoms with Crippen LogP contribution >= 0.6 is 0 Å². The van der Waals surface area contributed by atoms with Crippen molar-refractivity contribution in [3.63, 3.8) is 0 Å². The largest absolute Gasteiger partial charge is 0.495 e. The highest BCUT2D eigenvalue weighted by molar-refractivity contribution is 5.59. The minimum atomic E-state index is 0.145. The fourth-order valence-electron chi connectivity index (χ4n) is 1.95. The molecule has 0 aliphatic carbocycles. The summed E-state index contributed by atoms with van der Waals surface area (Å²) in [6.45, 7) is 15.0. The molecule has 0 saturated heterocycles. The van der Waals surface area contributed by atoms with Gasteiger partial charge in [-0.1, -0.05) is 26.8 Å². The Labute approximate surface area is 124 Å². The average Bonchev–Trinajstić information content (AvgIpc) is 2.32. The fraction of sp³-hybridized carbons (Fsp3) is 0.647. The van der Waals surface area contributed by atoms with Crippen LogP contribution in [0.25, 0.3) is 0 Å². The van der Waals surface area contributed by atoms with E-state index in [0.29, 0.717) is 0 Å². The first-order valence-electron chi connectivity index (χ1n) is 7.31. The second kappa shape index (κ2) is 6.49. The Morgan fingerprint density at radius 2 is 1.65 bits per heavy atom. The van der Waals surface area contributed by atoms with Crippen molar-refractivity contribution in [2.45, 2.75) is 52.5 Å². The van der Waals surface area contributed by atoms with Crippen molar-refractivity contribution in [1.82, 2.24) is 5.32 Å². The summed E-state index contributed by atoms with van der Waals surface area (Å²) in [7, 11) is 1.71. The van der Waals surface area contributed by atoms with E-state index in [-0.39, 0.29) is 11.0 Å². The minimum absolute atomic E-state index is 0.145. The van der Waals surface area contributed by atoms with Crippen molar-refractivity contribution in [1.29, 1.82) is 0 Å². The van der Waals surface area contributed by atoms with Crippen molar-refractivity contribution in [3.05, 3.63) is 23.8 Å². The van der Waals surface area contributed by atoms with Crippen LogP contribution < -0.4 is 15.4 Å². The molecule has 20 heavy (non-hydrogen) atoms. The maximum absolute atomic E-state index is 5.43. The zero-order chi connectivity index (χ0) is 15.4. The number of nitrogens with one attached hydrogen (secondary N) is 2. The molecule has 3 nitrogen and oxygen atoms in total. The lowest BCUT2D eigenvalue weighted by atomic mass is 9.87. The second-order valence-corrected chi connectivity index (χ2v) is 7.27. The van der Waals surface area contributed by atoms with Crippen LogP contribution in [0.1, 0.15) is 47.1 Å². The van der Waals surface area contributed by atoms with Crippen LogP contribution in [-0.4, -0.2) is 25.7 Å². The number of hydrogen-bond donors (Lipinski definition) is 2. The summed E-state index contributed by atoms with van der Waals surface area (Å²) < 4.78 is 5.43. The topological polar surface area (TPSA) is 33.3 Å². The van der Waals surface area contributed by atoms with Crippen LogP contribution in [0.5, 0.6) is 5.75 Å². The van der Waals surface area contributed by atoms with Gasteiger partial charge in [-0.2, -0.15) is 0 Å². The predicted octanol–water partition coefficient (Wildman–Crippen LogP) is 3.79. The van der Waals surface area contributed by atoms with Gasteiger partial charge in [0.05, 0.1) is 12.8 Å². The molecule has 1 rings (SSSR count). The monoisotopic (exact) mass is 278 g/mol. The molecule has 0 saturated carbocycles. The van der Waals surface area contributed by atoms with Crippen molar-refractivity contribution < 1.29 is 4.74 Å². The Kier molecular flexibility index (Phi) is 5.46. The molecule has 1 aromatic rings. The van der Waals surface area contributed by atoms with Crippen LogP contribution in [-0.2, 0) is 5.41 Å². The van der Waals surface area contributed by atoms with Crippen molar-refractivity contribution in [3.8, 4) is 5.75 Å². The van der Waals surface area contributed by atoms with Crippen LogP contribution in [0.4, 0.5) is 5.69 Å². The summed E-state index contributed by atoms with van der Waals surface area (Å²) in [4.78, 5) is 0. The highest BCUT2D eigenvalue weighted by Crippen LogP contribution is 2.31. The number of ether oxygens (including phenoxy) is 1. The zero-order valence-electron chi connectivity index (χ0n) is 14.1. The van der Waals surface area contributed by atoms with E-state index in [4.69, 9.17) is 4.74 Å². The third-order valence-corrected chi connectivity index (χ3v) is 3.16. The molecule has 114 valence electrons. The molecular weight excluding hydrogens is 248 g/mol. The number of methoxy groups -OCH3 is 1. The summed E-state index contributed by atoms with van der Waals surface area (Å²) in [5.41, 5.74) is 2.67. The quantitative estimate of drug-likeness (QED) is 0.804. The van der Waals surface area contributed by atoms with Gasteiger partial charge in [-0.3, -0.25) is 0 Å². The fourth-order valence-corrected chi connectivity index (χ4v) is 1.95. The Bertz CT molecular complexity index is 428. The van der Waals surface area contributed by atoms with E-state index in [0.717, 1.165) is 24.5 Å². The molecule has 0 heterocycles. The molecule has 3 heteroatoms. The molecule has 0 spiro atoms. The summed E-state index contributed by atoms with van der Waals surface area (Å²) >= 11 is 0. The Balaban J connectivity index is 2.72. The standard InChI is InChI=1S/C17H30N2O/c1-16(2,3)13-8-9-15(20-7)14(12-13)18-10-11-19-17(4,5)6/h8-9,12,18-19H,10-11H2,1-7H3. The molecule has 0 fully saturated rings. The highest BCUT2D eigenvalue weighted by atomic mass is 16.5. The highest BCUT2D eigenvalue weighted by Gasteiger charge is 2.16. The van der Waals surface area contributed by atoms with E-state index in [2.05, 4.69) is 64.3 Å². The van der Waals surface area contributed by atoms with Crippen molar-refractivity contribution in [2.24, 2.45) is 0 Å². The molecular formula is C17H30N2O. The molecule has 0 aliphatic heterocycles. The van der Waals surface area contributed by atoms with E-state index >= 15 is 0 Å². The van der Waals surface area contributed by atoms with Gasteiger partial charge in [0, 0.05) is 18.6 Å². The molecule has 0 aromatic heterocycles. The van der Waals surface area contributed by atoms with Gasteiger partial charge in [0.15, 0.2) is 0 Å². The van der Waals surface area contributed by atoms with Crippen LogP contribution in [0.2, 0.25) is 0 Å². The first kappa shape index (κ1) is 16.8. The van der Waals surface area contributed by atoms with Gasteiger partial charge in [0.25, 0.3) is 0 Å². The van der Waals surface area contributed by atoms with Gasteiger partial charge in [-0.05, 0) is 43.9 Å². The third-order valence-electron chi connectivity index (χ3n) is 3.16. The number of anilines is 1. The molecule has 0 aliphatic rings. The maximum Gasteiger partial charge on any atom is 0.141 e. The lowest BCUT2D eigenvalue weighted by molar-refractivity contribution is 0.415. The van der Waals surface area contributed by atoms with Gasteiger partial charge in [-0.25, -0.2) is 0 Å². The van der Waals surface area contributed by atoms with E-state index in [1.807, 2.05) is 6.07 Å². The van der Waals surface area contributed by atoms with Crippen molar-refractivity contribution >= 4 is 5.69 Å². The Morgan fingerprint density at radius 3 is 2.15 bits per heavy atom. The van der Waals surface area contributed by atoms with Gasteiger partial charge in [0.1, 0.15) is 5.75 Å². The minimum Gasteiger partial charge on any atom is -0.495 e. The lowest BCUT2D eigenvalue weighted by Gasteiger charge is -2.23. The van der Waals surface area contributed by atoms with Crippen molar-refractivity contribution in [2.75, 3.05) is 25.5 Å². The second-order valence-electron chi connectivity index (χ2n) is 7.27. The third kappa shape index (κ3) is 5.41. The van der Waals surface area contributed by atoms with Gasteiger partial charge < -0.3 is 15.4 Å². The van der Waals surface area contributed by atoms with Gasteiger partial charge in [-0.15, -0.1) is 0 Å². The summed E-state index contributed by atoms with van der Waals surface area (Å²) in [5.74, 6) is 0.897. The molecule has 0 unspecified atom stereocenters. The normalized spacial score (nSPS) is 12.3. The van der Waals surface area contributed by atoms with Crippen LogP contribution in [0, 0.1) is 0 Å². The number of hydrogen-bond acceptors (Lipinski definition) is 3. The van der Waals surface area contributed by atoms with E-state index in [9.17, 15) is 0 Å². The molecule has 0 bridgehead atoms. The van der Waals surface area contributed by atoms with E-state index in [1.54, 1.807) is 7.11 Å². The van der Waals surface area contributed by atoms with Gasteiger partial charge >= 0.3 is 0 Å². The number of rotatable bonds is 5. The van der Waals surface area contributed by atoms with Gasteiger partial charge in [0.2, 0.25) is 0 Å². The maximum atomic E-state index is 5.43.